The Morgan fingerprint density at radius 3 is 2.58 bits per heavy atom. The molecule has 0 aliphatic heterocycles. The van der Waals surface area contributed by atoms with E-state index in [0.29, 0.717) is 5.75 Å². The van der Waals surface area contributed by atoms with Gasteiger partial charge in [-0.3, -0.25) is 0 Å². The van der Waals surface area contributed by atoms with E-state index in [1.165, 1.54) is 5.56 Å². The molecule has 0 heterocycles. The van der Waals surface area contributed by atoms with Crippen molar-refractivity contribution >= 4 is 12.1 Å². The molecule has 1 aromatic rings. The van der Waals surface area contributed by atoms with E-state index in [9.17, 15) is 9.59 Å². The quantitative estimate of drug-likeness (QED) is 0.485. The number of esters is 1. The lowest BCUT2D eigenvalue weighted by Gasteiger charge is -2.07. The first-order chi connectivity index (χ1) is 9.15. The third-order valence-electron chi connectivity index (χ3n) is 2.32. The van der Waals surface area contributed by atoms with Crippen molar-refractivity contribution in [3.8, 4) is 5.75 Å². The summed E-state index contributed by atoms with van der Waals surface area (Å²) in [4.78, 5) is 22.1. The van der Waals surface area contributed by atoms with Crippen molar-refractivity contribution in [3.05, 3.63) is 42.5 Å². The topological polar surface area (TPSA) is 64.6 Å². The molecular weight excluding hydrogens is 246 g/mol. The number of aryl methyl sites for hydroxylation is 1. The van der Waals surface area contributed by atoms with E-state index < -0.39 is 12.1 Å². The van der Waals surface area contributed by atoms with E-state index in [2.05, 4.69) is 11.9 Å². The van der Waals surface area contributed by atoms with Gasteiger partial charge in [-0.25, -0.2) is 9.59 Å². The summed E-state index contributed by atoms with van der Waals surface area (Å²) in [7, 11) is 0. The largest absolute Gasteiger partial charge is 0.461 e. The Hall–Kier alpha value is -2.30. The molecular formula is C14H17NO4. The molecule has 0 saturated heterocycles. The minimum atomic E-state index is -0.584. The van der Waals surface area contributed by atoms with Crippen LogP contribution in [0.2, 0.25) is 0 Å². The third-order valence-corrected chi connectivity index (χ3v) is 2.32. The number of carbonyl (C=O) groups is 2. The second kappa shape index (κ2) is 7.92. The average molecular weight is 263 g/mol. The minimum Gasteiger partial charge on any atom is -0.461 e. The number of nitrogens with one attached hydrogen (secondary N) is 1. The maximum Gasteiger partial charge on any atom is 0.412 e. The van der Waals surface area contributed by atoms with Crippen LogP contribution in [-0.2, 0) is 16.0 Å². The molecule has 0 spiro atoms. The van der Waals surface area contributed by atoms with E-state index >= 15 is 0 Å². The van der Waals surface area contributed by atoms with Gasteiger partial charge in [0.05, 0.1) is 6.54 Å². The zero-order valence-corrected chi connectivity index (χ0v) is 10.8. The van der Waals surface area contributed by atoms with Crippen LogP contribution >= 0.6 is 0 Å². The van der Waals surface area contributed by atoms with Gasteiger partial charge >= 0.3 is 12.1 Å². The Balaban J connectivity index is 2.26. The standard InChI is InChI=1S/C14H17NO4/c1-3-11-5-7-12(8-6-11)19-14(17)15-9-10-18-13(16)4-2/h4-8H,2-3,9-10H2,1H3,(H,15,17). The zero-order chi connectivity index (χ0) is 14.1. The molecule has 0 aliphatic carbocycles. The van der Waals surface area contributed by atoms with E-state index in [0.717, 1.165) is 12.5 Å². The Bertz CT molecular complexity index is 439. The fraction of sp³-hybridized carbons (Fsp3) is 0.286. The predicted octanol–water partition coefficient (Wildman–Crippen LogP) is 2.07. The van der Waals surface area contributed by atoms with Crippen molar-refractivity contribution in [3.63, 3.8) is 0 Å². The van der Waals surface area contributed by atoms with Gasteiger partial charge in [-0.2, -0.15) is 0 Å². The molecule has 0 aromatic heterocycles. The first-order valence-electron chi connectivity index (χ1n) is 5.99. The third kappa shape index (κ3) is 5.72. The van der Waals surface area contributed by atoms with Crippen molar-refractivity contribution in [2.45, 2.75) is 13.3 Å². The Morgan fingerprint density at radius 1 is 1.32 bits per heavy atom. The molecule has 1 amide bonds. The van der Waals surface area contributed by atoms with E-state index in [-0.39, 0.29) is 13.2 Å². The predicted molar refractivity (Wildman–Crippen MR) is 71.0 cm³/mol. The van der Waals surface area contributed by atoms with Crippen molar-refractivity contribution in [1.82, 2.24) is 5.32 Å². The first-order valence-corrected chi connectivity index (χ1v) is 5.99. The molecule has 0 aliphatic rings. The summed E-state index contributed by atoms with van der Waals surface area (Å²) in [5.74, 6) is -0.0527. The van der Waals surface area contributed by atoms with Gasteiger partial charge in [0.1, 0.15) is 12.4 Å². The summed E-state index contributed by atoms with van der Waals surface area (Å²) in [6.45, 7) is 5.57. The monoisotopic (exact) mass is 263 g/mol. The fourth-order valence-corrected chi connectivity index (χ4v) is 1.30. The number of rotatable bonds is 6. The van der Waals surface area contributed by atoms with E-state index in [1.54, 1.807) is 12.1 Å². The zero-order valence-electron chi connectivity index (χ0n) is 10.8. The lowest BCUT2D eigenvalue weighted by atomic mass is 10.2. The summed E-state index contributed by atoms with van der Waals surface area (Å²) < 4.78 is 9.73. The van der Waals surface area contributed by atoms with Crippen molar-refractivity contribution in [2.24, 2.45) is 0 Å². The highest BCUT2D eigenvalue weighted by molar-refractivity contribution is 5.81. The van der Waals surface area contributed by atoms with Crippen LogP contribution in [0.15, 0.2) is 36.9 Å². The van der Waals surface area contributed by atoms with Crippen LogP contribution in [0.4, 0.5) is 4.79 Å². The lowest BCUT2D eigenvalue weighted by molar-refractivity contribution is -0.137. The van der Waals surface area contributed by atoms with Crippen LogP contribution in [0.25, 0.3) is 0 Å². The minimum absolute atomic E-state index is 0.0781. The number of benzene rings is 1. The Morgan fingerprint density at radius 2 is 2.00 bits per heavy atom. The summed E-state index contributed by atoms with van der Waals surface area (Å²) in [5, 5.41) is 2.47. The van der Waals surface area contributed by atoms with Gasteiger partial charge in [0.2, 0.25) is 0 Å². The van der Waals surface area contributed by atoms with Crippen LogP contribution in [0.3, 0.4) is 0 Å². The van der Waals surface area contributed by atoms with E-state index in [1.807, 2.05) is 19.1 Å². The van der Waals surface area contributed by atoms with Gasteiger partial charge in [0.25, 0.3) is 0 Å². The first kappa shape index (κ1) is 14.8. The van der Waals surface area contributed by atoms with Gasteiger partial charge < -0.3 is 14.8 Å². The lowest BCUT2D eigenvalue weighted by Crippen LogP contribution is -2.30. The molecule has 0 radical (unpaired) electrons. The summed E-state index contributed by atoms with van der Waals surface area (Å²) >= 11 is 0. The van der Waals surface area contributed by atoms with Crippen LogP contribution in [0.5, 0.6) is 5.75 Å². The van der Waals surface area contributed by atoms with Crippen LogP contribution < -0.4 is 10.1 Å². The molecule has 0 unspecified atom stereocenters. The van der Waals surface area contributed by atoms with Crippen molar-refractivity contribution < 1.29 is 19.1 Å². The highest BCUT2D eigenvalue weighted by atomic mass is 16.6. The van der Waals surface area contributed by atoms with Crippen LogP contribution in [0.1, 0.15) is 12.5 Å². The Kier molecular flexibility index (Phi) is 6.15. The van der Waals surface area contributed by atoms with Crippen molar-refractivity contribution in [2.75, 3.05) is 13.2 Å². The van der Waals surface area contributed by atoms with Crippen molar-refractivity contribution in [1.29, 1.82) is 0 Å². The number of ether oxygens (including phenoxy) is 2. The van der Waals surface area contributed by atoms with Gasteiger partial charge in [0, 0.05) is 6.08 Å². The number of amides is 1. The molecule has 0 fully saturated rings. The highest BCUT2D eigenvalue weighted by Crippen LogP contribution is 2.12. The molecule has 102 valence electrons. The Labute approximate surface area is 112 Å². The number of hydrogen-bond donors (Lipinski definition) is 1. The molecule has 19 heavy (non-hydrogen) atoms. The highest BCUT2D eigenvalue weighted by Gasteiger charge is 2.04. The van der Waals surface area contributed by atoms with Gasteiger partial charge in [-0.05, 0) is 24.1 Å². The second-order valence-electron chi connectivity index (χ2n) is 3.69. The van der Waals surface area contributed by atoms with Gasteiger partial charge in [-0.15, -0.1) is 0 Å². The maximum absolute atomic E-state index is 11.4. The van der Waals surface area contributed by atoms with E-state index in [4.69, 9.17) is 9.47 Å². The average Bonchev–Trinajstić information content (AvgIpc) is 2.44. The molecule has 0 saturated carbocycles. The van der Waals surface area contributed by atoms with Crippen LogP contribution in [0, 0.1) is 0 Å². The second-order valence-corrected chi connectivity index (χ2v) is 3.69. The maximum atomic E-state index is 11.4. The molecule has 1 aromatic carbocycles. The summed E-state index contributed by atoms with van der Waals surface area (Å²) in [6.07, 6.45) is 1.41. The molecule has 1 N–H and O–H groups in total. The fourth-order valence-electron chi connectivity index (χ4n) is 1.30. The number of hydrogen-bond acceptors (Lipinski definition) is 4. The normalized spacial score (nSPS) is 9.53. The number of carbonyl (C=O) groups excluding carboxylic acids is 2. The van der Waals surface area contributed by atoms with Crippen LogP contribution in [-0.4, -0.2) is 25.2 Å². The van der Waals surface area contributed by atoms with Gasteiger partial charge in [-0.1, -0.05) is 25.6 Å². The smallest absolute Gasteiger partial charge is 0.412 e. The molecule has 0 bridgehead atoms. The summed E-state index contributed by atoms with van der Waals surface area (Å²) in [5.41, 5.74) is 1.17. The molecule has 1 rings (SSSR count). The molecule has 5 nitrogen and oxygen atoms in total. The molecule has 5 heteroatoms. The summed E-state index contributed by atoms with van der Waals surface area (Å²) in [6, 6.07) is 7.26. The molecule has 0 atom stereocenters. The van der Waals surface area contributed by atoms with Gasteiger partial charge in [0.15, 0.2) is 0 Å². The SMILES string of the molecule is C=CC(=O)OCCNC(=O)Oc1ccc(CC)cc1.